The molecule has 0 N–H and O–H groups in total. The predicted octanol–water partition coefficient (Wildman–Crippen LogP) is 2.49. The Kier molecular flexibility index (Phi) is 5.28. The van der Waals surface area contributed by atoms with Crippen molar-refractivity contribution in [1.29, 1.82) is 0 Å². The molecular formula is C15H10N4O7S2. The van der Waals surface area contributed by atoms with Gasteiger partial charge in [-0.1, -0.05) is 22.7 Å². The molecule has 3 rings (SSSR count). The third kappa shape index (κ3) is 3.79. The number of fused-ring (bicyclic) bond motifs is 1. The quantitative estimate of drug-likeness (QED) is 0.348. The number of nitrogens with zero attached hydrogens (tertiary/aromatic N) is 4. The number of amides is 1. The van der Waals surface area contributed by atoms with E-state index in [1.54, 1.807) is 0 Å². The lowest BCUT2D eigenvalue weighted by Crippen LogP contribution is -2.22. The Morgan fingerprint density at radius 2 is 1.89 bits per heavy atom. The topological polar surface area (TPSA) is 147 Å². The summed E-state index contributed by atoms with van der Waals surface area (Å²) in [4.78, 5) is 48.9. The highest BCUT2D eigenvalue weighted by molar-refractivity contribution is 7.17. The number of hydrogen-bond donors (Lipinski definition) is 0. The molecule has 0 aliphatic heterocycles. The zero-order valence-electron chi connectivity index (χ0n) is 14.1. The second-order valence-corrected chi connectivity index (χ2v) is 7.34. The van der Waals surface area contributed by atoms with Gasteiger partial charge in [-0.3, -0.25) is 29.8 Å². The van der Waals surface area contributed by atoms with E-state index < -0.39 is 21.7 Å². The van der Waals surface area contributed by atoms with Crippen molar-refractivity contribution in [3.05, 3.63) is 60.2 Å². The first-order valence-electron chi connectivity index (χ1n) is 7.48. The summed E-state index contributed by atoms with van der Waals surface area (Å²) in [5.41, 5.74) is 0.156. The average molecular weight is 422 g/mol. The number of carbonyl (C=O) groups is 2. The van der Waals surface area contributed by atoms with Crippen LogP contribution in [0.2, 0.25) is 0 Å². The lowest BCUT2D eigenvalue weighted by Gasteiger charge is -2.03. The standard InChI is InChI=1S/C15H10N4O7S2/c1-26-13(20)7-17-9-6-8(18(22)23)2-3-10(9)28-15(17)16-14(21)11-4-5-12(27-11)19(24)25/h2-6H,7H2,1H3. The van der Waals surface area contributed by atoms with Crippen molar-refractivity contribution in [2.24, 2.45) is 4.99 Å². The SMILES string of the molecule is COC(=O)Cn1c(=NC(=O)c2ccc([N+](=O)[O-])s2)sc2ccc([N+](=O)[O-])cc21. The van der Waals surface area contributed by atoms with Crippen molar-refractivity contribution in [3.63, 3.8) is 0 Å². The van der Waals surface area contributed by atoms with Gasteiger partial charge in [-0.2, -0.15) is 4.99 Å². The Morgan fingerprint density at radius 3 is 2.50 bits per heavy atom. The van der Waals surface area contributed by atoms with Gasteiger partial charge in [-0.15, -0.1) is 0 Å². The van der Waals surface area contributed by atoms with Crippen molar-refractivity contribution < 1.29 is 24.2 Å². The van der Waals surface area contributed by atoms with Crippen LogP contribution >= 0.6 is 22.7 Å². The van der Waals surface area contributed by atoms with Crippen molar-refractivity contribution >= 4 is 55.5 Å². The van der Waals surface area contributed by atoms with Crippen LogP contribution in [0.4, 0.5) is 10.7 Å². The highest BCUT2D eigenvalue weighted by Crippen LogP contribution is 2.25. The summed E-state index contributed by atoms with van der Waals surface area (Å²) in [6, 6.07) is 6.55. The predicted molar refractivity (Wildman–Crippen MR) is 99.4 cm³/mol. The number of nitro benzene ring substituents is 1. The molecule has 1 aromatic carbocycles. The minimum atomic E-state index is -0.724. The molecule has 0 aliphatic rings. The van der Waals surface area contributed by atoms with Gasteiger partial charge in [-0.25, -0.2) is 0 Å². The number of thiophene rings is 1. The number of rotatable bonds is 5. The Hall–Kier alpha value is -3.45. The van der Waals surface area contributed by atoms with Crippen LogP contribution in [-0.4, -0.2) is 33.4 Å². The Morgan fingerprint density at radius 1 is 1.14 bits per heavy atom. The number of ether oxygens (including phenoxy) is 1. The smallest absolute Gasteiger partial charge is 0.325 e. The van der Waals surface area contributed by atoms with Crippen molar-refractivity contribution in [3.8, 4) is 0 Å². The van der Waals surface area contributed by atoms with Gasteiger partial charge >= 0.3 is 11.0 Å². The maximum absolute atomic E-state index is 12.4. The molecule has 0 spiro atoms. The van der Waals surface area contributed by atoms with E-state index in [2.05, 4.69) is 9.73 Å². The molecule has 28 heavy (non-hydrogen) atoms. The summed E-state index contributed by atoms with van der Waals surface area (Å²) in [7, 11) is 1.19. The number of esters is 1. The summed E-state index contributed by atoms with van der Waals surface area (Å²) >= 11 is 1.73. The van der Waals surface area contributed by atoms with Crippen LogP contribution in [-0.2, 0) is 16.1 Å². The zero-order chi connectivity index (χ0) is 20.4. The molecule has 13 heteroatoms. The lowest BCUT2D eigenvalue weighted by molar-refractivity contribution is -0.384. The Labute approximate surface area is 163 Å². The summed E-state index contributed by atoms with van der Waals surface area (Å²) in [6.45, 7) is -0.311. The fraction of sp³-hybridized carbons (Fsp3) is 0.133. The van der Waals surface area contributed by atoms with E-state index in [0.29, 0.717) is 21.6 Å². The van der Waals surface area contributed by atoms with Crippen LogP contribution in [0.15, 0.2) is 35.3 Å². The van der Waals surface area contributed by atoms with E-state index in [9.17, 15) is 29.8 Å². The van der Waals surface area contributed by atoms with E-state index in [1.165, 1.54) is 42.0 Å². The van der Waals surface area contributed by atoms with Gasteiger partial charge in [0.2, 0.25) is 0 Å². The zero-order valence-corrected chi connectivity index (χ0v) is 15.7. The number of benzene rings is 1. The van der Waals surface area contributed by atoms with E-state index in [4.69, 9.17) is 0 Å². The molecule has 0 saturated carbocycles. The highest BCUT2D eigenvalue weighted by atomic mass is 32.1. The molecular weight excluding hydrogens is 412 g/mol. The fourth-order valence-electron chi connectivity index (χ4n) is 2.29. The molecule has 0 radical (unpaired) electrons. The summed E-state index contributed by atoms with van der Waals surface area (Å²) < 4.78 is 6.54. The summed E-state index contributed by atoms with van der Waals surface area (Å²) in [5, 5.41) is 21.6. The van der Waals surface area contributed by atoms with E-state index >= 15 is 0 Å². The molecule has 2 aromatic heterocycles. The molecule has 1 amide bonds. The first kappa shape index (κ1) is 19.3. The third-order valence-corrected chi connectivity index (χ3v) is 5.66. The molecule has 2 heterocycles. The maximum Gasteiger partial charge on any atom is 0.325 e. The second-order valence-electron chi connectivity index (χ2n) is 5.27. The van der Waals surface area contributed by atoms with E-state index in [0.717, 1.165) is 11.3 Å². The van der Waals surface area contributed by atoms with Crippen molar-refractivity contribution in [2.45, 2.75) is 6.54 Å². The van der Waals surface area contributed by atoms with Crippen molar-refractivity contribution in [1.82, 2.24) is 4.57 Å². The van der Waals surface area contributed by atoms with E-state index in [1.807, 2.05) is 0 Å². The molecule has 0 unspecified atom stereocenters. The minimum Gasteiger partial charge on any atom is -0.468 e. The number of nitro groups is 2. The molecule has 0 saturated heterocycles. The lowest BCUT2D eigenvalue weighted by atomic mass is 10.3. The number of thiazole rings is 1. The van der Waals surface area contributed by atoms with Gasteiger partial charge in [0.25, 0.3) is 11.6 Å². The Balaban J connectivity index is 2.14. The number of non-ortho nitro benzene ring substituents is 1. The normalized spacial score (nSPS) is 11.5. The van der Waals surface area contributed by atoms with E-state index in [-0.39, 0.29) is 26.9 Å². The van der Waals surface area contributed by atoms with Crippen LogP contribution in [0.3, 0.4) is 0 Å². The molecule has 0 fully saturated rings. The van der Waals surface area contributed by atoms with Crippen LogP contribution in [0.5, 0.6) is 0 Å². The molecule has 144 valence electrons. The van der Waals surface area contributed by atoms with Crippen LogP contribution in [0, 0.1) is 20.2 Å². The third-order valence-electron chi connectivity index (χ3n) is 3.57. The van der Waals surface area contributed by atoms with Crippen LogP contribution in [0.25, 0.3) is 10.2 Å². The fourth-order valence-corrected chi connectivity index (χ4v) is 4.00. The highest BCUT2D eigenvalue weighted by Gasteiger charge is 2.18. The molecule has 11 nitrogen and oxygen atoms in total. The second kappa shape index (κ2) is 7.66. The van der Waals surface area contributed by atoms with Gasteiger partial charge < -0.3 is 9.30 Å². The van der Waals surface area contributed by atoms with Gasteiger partial charge in [0.15, 0.2) is 4.80 Å². The molecule has 0 aliphatic carbocycles. The summed E-state index contributed by atoms with van der Waals surface area (Å²) in [5.74, 6) is -1.36. The average Bonchev–Trinajstić information content (AvgIpc) is 3.27. The number of methoxy groups -OCH3 is 1. The van der Waals surface area contributed by atoms with Crippen molar-refractivity contribution in [2.75, 3.05) is 7.11 Å². The monoisotopic (exact) mass is 422 g/mol. The maximum atomic E-state index is 12.4. The first-order chi connectivity index (χ1) is 13.3. The largest absolute Gasteiger partial charge is 0.468 e. The van der Waals surface area contributed by atoms with Gasteiger partial charge in [0, 0.05) is 18.2 Å². The molecule has 0 bridgehead atoms. The number of hydrogen-bond acceptors (Lipinski definition) is 9. The van der Waals surface area contributed by atoms with Crippen LogP contribution < -0.4 is 4.80 Å². The number of carbonyl (C=O) groups excluding carboxylic acids is 2. The first-order valence-corrected chi connectivity index (χ1v) is 9.11. The molecule has 0 atom stereocenters. The van der Waals surface area contributed by atoms with Gasteiger partial charge in [0.1, 0.15) is 11.4 Å². The van der Waals surface area contributed by atoms with Gasteiger partial charge in [0.05, 0.1) is 27.2 Å². The minimum absolute atomic E-state index is 0.0553. The number of aromatic nitrogens is 1. The Bertz CT molecular complexity index is 1190. The molecule has 3 aromatic rings. The van der Waals surface area contributed by atoms with Gasteiger partial charge in [-0.05, 0) is 12.1 Å². The summed E-state index contributed by atoms with van der Waals surface area (Å²) in [6.07, 6.45) is 0. The van der Waals surface area contributed by atoms with Crippen LogP contribution in [0.1, 0.15) is 9.67 Å².